The lowest BCUT2D eigenvalue weighted by Gasteiger charge is -2.21. The number of aliphatic hydroxyl groups excluding tert-OH is 1. The van der Waals surface area contributed by atoms with Crippen LogP contribution in [0.25, 0.3) is 0 Å². The molecule has 610 valence electrons. The Morgan fingerprint density at radius 2 is 0.491 bits per heavy atom. The Morgan fingerprint density at radius 3 is 0.774 bits per heavy atom. The number of allylic oxidation sites excluding steroid dienone is 20. The lowest BCUT2D eigenvalue weighted by Crippen LogP contribution is -2.30. The molecule has 0 aliphatic heterocycles. The maximum absolute atomic E-state index is 13.1. The van der Waals surface area contributed by atoms with Gasteiger partial charge in [0.2, 0.25) is 0 Å². The molecule has 19 heteroatoms. The van der Waals surface area contributed by atoms with Gasteiger partial charge in [-0.15, -0.1) is 0 Å². The zero-order valence-corrected chi connectivity index (χ0v) is 68.6. The van der Waals surface area contributed by atoms with Crippen molar-refractivity contribution in [3.05, 3.63) is 122 Å². The van der Waals surface area contributed by atoms with Gasteiger partial charge in [0, 0.05) is 25.7 Å². The summed E-state index contributed by atoms with van der Waals surface area (Å²) in [5, 5.41) is 10.7. The van der Waals surface area contributed by atoms with E-state index in [1.807, 2.05) is 0 Å². The summed E-state index contributed by atoms with van der Waals surface area (Å²) >= 11 is 0. The highest BCUT2D eigenvalue weighted by Gasteiger charge is 2.30. The molecule has 0 aliphatic rings. The molecule has 0 bridgehead atoms. The molecule has 0 rings (SSSR count). The van der Waals surface area contributed by atoms with Crippen molar-refractivity contribution in [2.75, 3.05) is 39.6 Å². The summed E-state index contributed by atoms with van der Waals surface area (Å²) in [6.07, 6.45) is 87.3. The molecule has 3 N–H and O–H groups in total. The first-order valence-corrected chi connectivity index (χ1v) is 44.8. The van der Waals surface area contributed by atoms with Crippen LogP contribution in [0.15, 0.2) is 122 Å². The number of carbonyl (C=O) groups is 4. The standard InChI is InChI=1S/C87H150O17P2/c1-5-9-13-17-21-25-29-33-36-39-40-43-45-49-52-56-60-64-68-72-85(90)98-78-83(104-87(92)74-70-66-62-58-54-50-46-42-38-35-31-27-23-19-15-11-7-3)80-102-106(95,96)100-76-81(88)75-99-105(93,94)101-79-82(103-86(91)73-69-65-61-57-53-47-32-28-24-20-16-12-8-4)77-97-84(89)71-67-63-59-55-51-48-44-41-37-34-30-26-22-18-14-10-6-2/h10-11,14-15,21-23,25-27,33-38,40,43,46,50,81-83,88H,5-9,12-13,16-20,24,28-32,39,41-42,44-45,47-49,51-80H2,1-4H3,(H,93,94)(H,95,96)/b14-10-,15-11-,25-21-,26-22-,27-23-,36-33-,37-34-,38-35-,43-40-,50-46-. The van der Waals surface area contributed by atoms with Gasteiger partial charge in [-0.05, 0) is 135 Å². The van der Waals surface area contributed by atoms with Gasteiger partial charge in [-0.25, -0.2) is 9.13 Å². The molecule has 5 unspecified atom stereocenters. The van der Waals surface area contributed by atoms with Crippen LogP contribution in [0.1, 0.15) is 349 Å². The zero-order valence-electron chi connectivity index (χ0n) is 66.8. The minimum atomic E-state index is -4.99. The van der Waals surface area contributed by atoms with Gasteiger partial charge in [0.1, 0.15) is 19.3 Å². The molecule has 0 radical (unpaired) electrons. The van der Waals surface area contributed by atoms with Crippen LogP contribution in [-0.4, -0.2) is 96.7 Å². The molecular formula is C87H150O17P2. The molecule has 0 aromatic heterocycles. The maximum atomic E-state index is 13.1. The van der Waals surface area contributed by atoms with E-state index >= 15 is 0 Å². The van der Waals surface area contributed by atoms with Gasteiger partial charge in [-0.3, -0.25) is 37.3 Å². The summed E-state index contributed by atoms with van der Waals surface area (Å²) in [6.45, 7) is 4.62. The number of ether oxygens (including phenoxy) is 4. The summed E-state index contributed by atoms with van der Waals surface area (Å²) in [7, 11) is -9.97. The average Bonchev–Trinajstić information content (AvgIpc) is 0.899. The van der Waals surface area contributed by atoms with E-state index in [4.69, 9.17) is 37.0 Å². The minimum Gasteiger partial charge on any atom is -0.462 e. The van der Waals surface area contributed by atoms with Crippen molar-refractivity contribution in [1.29, 1.82) is 0 Å². The first kappa shape index (κ1) is 101. The molecule has 0 aromatic carbocycles. The van der Waals surface area contributed by atoms with Crippen molar-refractivity contribution < 1.29 is 80.2 Å². The Morgan fingerprint density at radius 1 is 0.274 bits per heavy atom. The van der Waals surface area contributed by atoms with Crippen molar-refractivity contribution >= 4 is 39.5 Å². The second-order valence-corrected chi connectivity index (χ2v) is 30.6. The van der Waals surface area contributed by atoms with E-state index < -0.39 is 97.5 Å². The molecule has 106 heavy (non-hydrogen) atoms. The highest BCUT2D eigenvalue weighted by atomic mass is 31.2. The van der Waals surface area contributed by atoms with E-state index in [-0.39, 0.29) is 25.7 Å². The Hall–Kier alpha value is -4.54. The van der Waals surface area contributed by atoms with Crippen LogP contribution in [0.5, 0.6) is 0 Å². The van der Waals surface area contributed by atoms with Crippen LogP contribution in [0, 0.1) is 0 Å². The quantitative estimate of drug-likeness (QED) is 0.0169. The fourth-order valence-electron chi connectivity index (χ4n) is 11.1. The molecule has 0 amide bonds. The zero-order chi connectivity index (χ0) is 77.4. The lowest BCUT2D eigenvalue weighted by molar-refractivity contribution is -0.161. The van der Waals surface area contributed by atoms with Gasteiger partial charge >= 0.3 is 39.5 Å². The number of phosphoric acid groups is 2. The minimum absolute atomic E-state index is 0.0623. The van der Waals surface area contributed by atoms with Gasteiger partial charge in [0.05, 0.1) is 26.4 Å². The second kappa shape index (κ2) is 78.6. The number of aliphatic hydroxyl groups is 1. The molecule has 0 aliphatic carbocycles. The summed E-state index contributed by atoms with van der Waals surface area (Å²) in [6, 6.07) is 0. The monoisotopic (exact) mass is 1530 g/mol. The van der Waals surface area contributed by atoms with E-state index in [2.05, 4.69) is 149 Å². The summed E-state index contributed by atoms with van der Waals surface area (Å²) in [4.78, 5) is 73.2. The summed E-state index contributed by atoms with van der Waals surface area (Å²) in [5.74, 6) is -2.21. The molecule has 0 heterocycles. The Balaban J connectivity index is 5.38. The highest BCUT2D eigenvalue weighted by molar-refractivity contribution is 7.47. The largest absolute Gasteiger partial charge is 0.472 e. The average molecular weight is 1530 g/mol. The number of esters is 4. The molecule has 0 fully saturated rings. The normalized spacial score (nSPS) is 14.4. The molecule has 0 spiro atoms. The van der Waals surface area contributed by atoms with Crippen molar-refractivity contribution in [2.45, 2.75) is 367 Å². The number of carbonyl (C=O) groups excluding carboxylic acids is 4. The van der Waals surface area contributed by atoms with Crippen molar-refractivity contribution in [3.63, 3.8) is 0 Å². The van der Waals surface area contributed by atoms with Crippen LogP contribution >= 0.6 is 15.6 Å². The fraction of sp³-hybridized carbons (Fsp3) is 0.724. The number of rotatable bonds is 78. The van der Waals surface area contributed by atoms with Crippen molar-refractivity contribution in [1.82, 2.24) is 0 Å². The van der Waals surface area contributed by atoms with Gasteiger partial charge in [-0.2, -0.15) is 0 Å². The van der Waals surface area contributed by atoms with Crippen molar-refractivity contribution in [2.24, 2.45) is 0 Å². The smallest absolute Gasteiger partial charge is 0.462 e. The highest BCUT2D eigenvalue weighted by Crippen LogP contribution is 2.45. The molecule has 17 nitrogen and oxygen atoms in total. The summed E-state index contributed by atoms with van der Waals surface area (Å²) in [5.41, 5.74) is 0. The van der Waals surface area contributed by atoms with Gasteiger partial charge in [-0.1, -0.05) is 310 Å². The van der Waals surface area contributed by atoms with Crippen LogP contribution in [-0.2, 0) is 65.4 Å². The van der Waals surface area contributed by atoms with E-state index in [0.717, 1.165) is 199 Å². The van der Waals surface area contributed by atoms with Crippen molar-refractivity contribution in [3.8, 4) is 0 Å². The third kappa shape index (κ3) is 77.6. The Bertz CT molecular complexity index is 2480. The van der Waals surface area contributed by atoms with E-state index in [1.54, 1.807) is 0 Å². The van der Waals surface area contributed by atoms with Crippen LogP contribution in [0.3, 0.4) is 0 Å². The second-order valence-electron chi connectivity index (χ2n) is 27.7. The third-order valence-electron chi connectivity index (χ3n) is 17.4. The van der Waals surface area contributed by atoms with E-state index in [1.165, 1.54) is 70.6 Å². The summed E-state index contributed by atoms with van der Waals surface area (Å²) < 4.78 is 68.7. The Kier molecular flexibility index (Phi) is 75.2. The molecule has 0 saturated heterocycles. The lowest BCUT2D eigenvalue weighted by atomic mass is 10.0. The molecule has 0 saturated carbocycles. The first-order valence-electron chi connectivity index (χ1n) is 41.8. The number of phosphoric ester groups is 2. The predicted molar refractivity (Wildman–Crippen MR) is 436 cm³/mol. The maximum Gasteiger partial charge on any atom is 0.472 e. The molecular weight excluding hydrogens is 1380 g/mol. The topological polar surface area (TPSA) is 237 Å². The van der Waals surface area contributed by atoms with E-state index in [9.17, 15) is 43.2 Å². The predicted octanol–water partition coefficient (Wildman–Crippen LogP) is 24.7. The number of hydrogen-bond acceptors (Lipinski definition) is 15. The van der Waals surface area contributed by atoms with Gasteiger partial charge in [0.15, 0.2) is 12.2 Å². The van der Waals surface area contributed by atoms with E-state index in [0.29, 0.717) is 25.7 Å². The first-order chi connectivity index (χ1) is 51.7. The van der Waals surface area contributed by atoms with Gasteiger partial charge < -0.3 is 33.8 Å². The third-order valence-corrected chi connectivity index (χ3v) is 19.3. The Labute approximate surface area is 644 Å². The SMILES string of the molecule is CC/C=C\C/C=C\C/C=C\C/C=C\CCCCCCC(=O)OC(COC(=O)CCCCCCCC/C=C\C/C=C\C/C=C\CCCCC)COP(=O)(O)OCC(O)COP(=O)(O)OCC(COC(=O)CCCCCCCCC/C=C\C/C=C\C/C=C\CC)OC(=O)CCCCCCCCCCCCCCC. The fourth-order valence-corrected chi connectivity index (χ4v) is 12.7. The molecule has 5 atom stereocenters. The van der Waals surface area contributed by atoms with Gasteiger partial charge in [0.25, 0.3) is 0 Å². The van der Waals surface area contributed by atoms with Crippen LogP contribution in [0.2, 0.25) is 0 Å². The number of unbranched alkanes of at least 4 members (excludes halogenated alkanes) is 32. The molecule has 0 aromatic rings. The van der Waals surface area contributed by atoms with Crippen LogP contribution < -0.4 is 0 Å². The van der Waals surface area contributed by atoms with Crippen LogP contribution in [0.4, 0.5) is 0 Å². The number of hydrogen-bond donors (Lipinski definition) is 3.